The van der Waals surface area contributed by atoms with Crippen LogP contribution in [0.15, 0.2) is 29.4 Å². The van der Waals surface area contributed by atoms with Crippen molar-refractivity contribution >= 4 is 17.2 Å². The molecule has 0 spiro atoms. The molecule has 1 aromatic carbocycles. The first-order valence-corrected chi connectivity index (χ1v) is 12.2. The van der Waals surface area contributed by atoms with Crippen LogP contribution in [0.1, 0.15) is 54.4 Å². The van der Waals surface area contributed by atoms with Gasteiger partial charge in [0.2, 0.25) is 0 Å². The van der Waals surface area contributed by atoms with Gasteiger partial charge in [-0.05, 0) is 36.5 Å². The van der Waals surface area contributed by atoms with E-state index in [0.717, 1.165) is 29.9 Å². The molecule has 0 bridgehead atoms. The molecule has 3 rings (SSSR count). The van der Waals surface area contributed by atoms with E-state index in [2.05, 4.69) is 4.99 Å². The summed E-state index contributed by atoms with van der Waals surface area (Å²) >= 11 is 1.33. The Balaban J connectivity index is 2.05. The van der Waals surface area contributed by atoms with Crippen LogP contribution >= 0.6 is 11.3 Å². The summed E-state index contributed by atoms with van der Waals surface area (Å²) in [5.41, 5.74) is 4.57. The maximum Gasteiger partial charge on any atom is 0.301 e. The standard InChI is InChI=1S/C24H32F3N3O4S/c1-23(2,3)20-11-30(10-17-5-4-8-33-17)22(35-20)29-21(32)18-9-15(24(26,27)14-25)6-7-19(18)34-13-16(28)12-31/h6-7,9,11,16-17,31H,4-5,8,10,12-14,28H2,1-3H3/t16-,17-/m1/s1. The first-order valence-electron chi connectivity index (χ1n) is 11.4. The number of nitrogens with two attached hydrogens (primary N) is 1. The zero-order chi connectivity index (χ0) is 25.8. The highest BCUT2D eigenvalue weighted by atomic mass is 32.1. The fraction of sp³-hybridized carbons (Fsp3) is 0.583. The van der Waals surface area contributed by atoms with Crippen LogP contribution in [-0.4, -0.2) is 54.2 Å². The molecule has 2 heterocycles. The Hall–Kier alpha value is -2.21. The predicted octanol–water partition coefficient (Wildman–Crippen LogP) is 3.53. The summed E-state index contributed by atoms with van der Waals surface area (Å²) in [6.07, 6.45) is 3.78. The molecular formula is C24H32F3N3O4S. The van der Waals surface area contributed by atoms with Gasteiger partial charge in [0.15, 0.2) is 11.5 Å². The molecule has 0 radical (unpaired) electrons. The van der Waals surface area contributed by atoms with Gasteiger partial charge >= 0.3 is 5.92 Å². The van der Waals surface area contributed by atoms with Crippen molar-refractivity contribution in [2.75, 3.05) is 26.5 Å². The van der Waals surface area contributed by atoms with Crippen LogP contribution in [0.4, 0.5) is 13.2 Å². The molecule has 2 atom stereocenters. The second-order valence-electron chi connectivity index (χ2n) is 9.64. The van der Waals surface area contributed by atoms with Crippen molar-refractivity contribution in [3.05, 3.63) is 45.2 Å². The number of aliphatic hydroxyl groups is 1. The molecule has 194 valence electrons. The molecule has 0 aliphatic carbocycles. The molecule has 1 aromatic heterocycles. The highest BCUT2D eigenvalue weighted by Crippen LogP contribution is 2.32. The van der Waals surface area contributed by atoms with Gasteiger partial charge in [-0.3, -0.25) is 4.79 Å². The number of hydrogen-bond donors (Lipinski definition) is 2. The van der Waals surface area contributed by atoms with Gasteiger partial charge in [0.1, 0.15) is 12.4 Å². The normalized spacial score (nSPS) is 18.2. The number of hydrogen-bond acceptors (Lipinski definition) is 6. The van der Waals surface area contributed by atoms with E-state index in [4.69, 9.17) is 20.3 Å². The topological polar surface area (TPSA) is 99.1 Å². The van der Waals surface area contributed by atoms with Crippen LogP contribution < -0.4 is 15.3 Å². The molecule has 1 fully saturated rings. The Morgan fingerprint density at radius 1 is 1.40 bits per heavy atom. The molecule has 35 heavy (non-hydrogen) atoms. The first kappa shape index (κ1) is 27.4. The van der Waals surface area contributed by atoms with Gasteiger partial charge < -0.3 is 24.9 Å². The van der Waals surface area contributed by atoms with Gasteiger partial charge in [-0.25, -0.2) is 4.39 Å². The summed E-state index contributed by atoms with van der Waals surface area (Å²) in [4.78, 5) is 18.9. The predicted molar refractivity (Wildman–Crippen MR) is 127 cm³/mol. The number of thiazole rings is 1. The minimum absolute atomic E-state index is 0.00286. The number of amides is 1. The van der Waals surface area contributed by atoms with Crippen LogP contribution in [0.25, 0.3) is 0 Å². The number of rotatable bonds is 9. The van der Waals surface area contributed by atoms with Gasteiger partial charge in [-0.2, -0.15) is 13.8 Å². The maximum atomic E-state index is 14.1. The molecule has 1 amide bonds. The summed E-state index contributed by atoms with van der Waals surface area (Å²) in [5.74, 6) is -4.60. The highest BCUT2D eigenvalue weighted by molar-refractivity contribution is 7.09. The Bertz CT molecular complexity index is 1090. The minimum atomic E-state index is -3.77. The van der Waals surface area contributed by atoms with E-state index in [1.807, 2.05) is 31.5 Å². The Kier molecular flexibility index (Phi) is 8.79. The number of benzene rings is 1. The summed E-state index contributed by atoms with van der Waals surface area (Å²) in [6.45, 7) is 4.89. The second-order valence-corrected chi connectivity index (χ2v) is 10.6. The van der Waals surface area contributed by atoms with Crippen molar-refractivity contribution in [2.45, 2.75) is 63.6 Å². The number of carbonyl (C=O) groups excluding carboxylic acids is 1. The molecule has 1 aliphatic heterocycles. The number of alkyl halides is 3. The van der Waals surface area contributed by atoms with Crippen molar-refractivity contribution in [2.24, 2.45) is 10.7 Å². The van der Waals surface area contributed by atoms with Gasteiger partial charge in [-0.15, -0.1) is 11.3 Å². The summed E-state index contributed by atoms with van der Waals surface area (Å²) in [5, 5.41) is 9.14. The van der Waals surface area contributed by atoms with Crippen LogP contribution in [0, 0.1) is 0 Å². The molecule has 11 heteroatoms. The quantitative estimate of drug-likeness (QED) is 0.533. The number of aromatic nitrogens is 1. The number of aliphatic hydroxyl groups excluding tert-OH is 1. The van der Waals surface area contributed by atoms with E-state index >= 15 is 0 Å². The van der Waals surface area contributed by atoms with E-state index in [1.165, 1.54) is 17.4 Å². The van der Waals surface area contributed by atoms with E-state index < -0.39 is 30.1 Å². The molecule has 3 N–H and O–H groups in total. The van der Waals surface area contributed by atoms with Crippen LogP contribution in [0.5, 0.6) is 5.75 Å². The molecule has 1 saturated heterocycles. The third-order valence-corrected chi connectivity index (χ3v) is 7.01. The third-order valence-electron chi connectivity index (χ3n) is 5.57. The van der Waals surface area contributed by atoms with Crippen molar-refractivity contribution in [1.82, 2.24) is 4.57 Å². The van der Waals surface area contributed by atoms with Gasteiger partial charge in [0.05, 0.1) is 30.9 Å². The van der Waals surface area contributed by atoms with Gasteiger partial charge in [0.25, 0.3) is 5.91 Å². The lowest BCUT2D eigenvalue weighted by Gasteiger charge is -2.17. The number of halogens is 3. The summed E-state index contributed by atoms with van der Waals surface area (Å²) in [6, 6.07) is 2.33. The third kappa shape index (κ3) is 6.93. The van der Waals surface area contributed by atoms with E-state index in [1.54, 1.807) is 0 Å². The molecule has 0 unspecified atom stereocenters. The Morgan fingerprint density at radius 2 is 2.14 bits per heavy atom. The molecule has 1 aliphatic rings. The second kappa shape index (κ2) is 11.2. The average Bonchev–Trinajstić information content (AvgIpc) is 3.47. The highest BCUT2D eigenvalue weighted by Gasteiger charge is 2.33. The fourth-order valence-corrected chi connectivity index (χ4v) is 4.53. The molecular weight excluding hydrogens is 483 g/mol. The van der Waals surface area contributed by atoms with Crippen molar-refractivity contribution in [3.8, 4) is 5.75 Å². The lowest BCUT2D eigenvalue weighted by molar-refractivity contribution is -0.0281. The first-order chi connectivity index (χ1) is 16.4. The molecule has 0 saturated carbocycles. The summed E-state index contributed by atoms with van der Waals surface area (Å²) in [7, 11) is 0. The van der Waals surface area contributed by atoms with Gasteiger partial charge in [-0.1, -0.05) is 20.8 Å². The lowest BCUT2D eigenvalue weighted by Crippen LogP contribution is -2.31. The maximum absolute atomic E-state index is 14.1. The van der Waals surface area contributed by atoms with Crippen LogP contribution in [0.3, 0.4) is 0 Å². The Labute approximate surface area is 206 Å². The van der Waals surface area contributed by atoms with E-state index in [0.29, 0.717) is 18.0 Å². The minimum Gasteiger partial charge on any atom is -0.491 e. The number of ether oxygens (including phenoxy) is 2. The van der Waals surface area contributed by atoms with Crippen molar-refractivity contribution in [3.63, 3.8) is 0 Å². The zero-order valence-corrected chi connectivity index (χ0v) is 20.9. The van der Waals surface area contributed by atoms with E-state index in [9.17, 15) is 18.0 Å². The lowest BCUT2D eigenvalue weighted by atomic mass is 9.95. The van der Waals surface area contributed by atoms with Crippen molar-refractivity contribution < 1.29 is 32.5 Å². The fourth-order valence-electron chi connectivity index (χ4n) is 3.48. The SMILES string of the molecule is CC(C)(C)c1cn(C[C@H]2CCCO2)c(=NC(=O)c2cc(C(F)(F)CF)ccc2OC[C@H](N)CO)s1. The Morgan fingerprint density at radius 3 is 2.74 bits per heavy atom. The zero-order valence-electron chi connectivity index (χ0n) is 20.1. The molecule has 2 aromatic rings. The average molecular weight is 516 g/mol. The van der Waals surface area contributed by atoms with Gasteiger partial charge in [0, 0.05) is 23.2 Å². The van der Waals surface area contributed by atoms with Crippen LogP contribution in [-0.2, 0) is 22.6 Å². The van der Waals surface area contributed by atoms with Crippen molar-refractivity contribution in [1.29, 1.82) is 0 Å². The molecule has 7 nitrogen and oxygen atoms in total. The number of nitrogens with zero attached hydrogens (tertiary/aromatic N) is 2. The smallest absolute Gasteiger partial charge is 0.301 e. The number of carbonyl (C=O) groups is 1. The largest absolute Gasteiger partial charge is 0.491 e. The summed E-state index contributed by atoms with van der Waals surface area (Å²) < 4.78 is 54.2. The monoisotopic (exact) mass is 515 g/mol. The van der Waals surface area contributed by atoms with E-state index in [-0.39, 0.29) is 36.0 Å². The van der Waals surface area contributed by atoms with Crippen LogP contribution in [0.2, 0.25) is 0 Å².